The molecule has 0 rings (SSSR count). The molecular formula is C25H45O7P. The zero-order valence-electron chi connectivity index (χ0n) is 20.6. The first-order valence-corrected chi connectivity index (χ1v) is 14.2. The maximum Gasteiger partial charge on any atom is 0.330 e. The molecule has 0 saturated carbocycles. The Morgan fingerprint density at radius 3 is 1.30 bits per heavy atom. The lowest BCUT2D eigenvalue weighted by Gasteiger charge is -2.18. The Balaban J connectivity index is 3.68. The van der Waals surface area contributed by atoms with Gasteiger partial charge < -0.3 is 18.5 Å². The van der Waals surface area contributed by atoms with Gasteiger partial charge in [0.1, 0.15) is 0 Å². The van der Waals surface area contributed by atoms with Crippen LogP contribution in [0.5, 0.6) is 0 Å². The van der Waals surface area contributed by atoms with E-state index in [2.05, 4.69) is 13.2 Å². The summed E-state index contributed by atoms with van der Waals surface area (Å²) in [5.74, 6) is -0.738. The molecule has 0 amide bonds. The van der Waals surface area contributed by atoms with E-state index in [9.17, 15) is 14.2 Å². The summed E-state index contributed by atoms with van der Waals surface area (Å²) in [5.41, 5.74) is 0. The third-order valence-corrected chi connectivity index (χ3v) is 7.12. The van der Waals surface area contributed by atoms with Crippen LogP contribution in [-0.4, -0.2) is 44.5 Å². The van der Waals surface area contributed by atoms with E-state index in [-0.39, 0.29) is 11.9 Å². The number of ether oxygens (including phenoxy) is 2. The predicted molar refractivity (Wildman–Crippen MR) is 132 cm³/mol. The second-order valence-electron chi connectivity index (χ2n) is 7.99. The number of rotatable bonds is 24. The summed E-state index contributed by atoms with van der Waals surface area (Å²) in [5, 5.41) is 0. The minimum atomic E-state index is -3.00. The van der Waals surface area contributed by atoms with Gasteiger partial charge in [-0.2, -0.15) is 0 Å². The summed E-state index contributed by atoms with van der Waals surface area (Å²) in [6.07, 6.45) is 15.4. The lowest BCUT2D eigenvalue weighted by atomic mass is 10.1. The molecule has 0 atom stereocenters. The average Bonchev–Trinajstić information content (AvgIpc) is 2.81. The van der Waals surface area contributed by atoms with Crippen LogP contribution in [0.2, 0.25) is 0 Å². The van der Waals surface area contributed by atoms with Crippen molar-refractivity contribution in [3.05, 3.63) is 25.3 Å². The summed E-state index contributed by atoms with van der Waals surface area (Å²) in [6.45, 7) is 10.5. The van der Waals surface area contributed by atoms with E-state index in [0.29, 0.717) is 32.6 Å². The Morgan fingerprint density at radius 2 is 0.970 bits per heavy atom. The van der Waals surface area contributed by atoms with E-state index in [0.717, 1.165) is 83.5 Å². The molecule has 0 aliphatic heterocycles. The van der Waals surface area contributed by atoms with Gasteiger partial charge >= 0.3 is 19.5 Å². The SMILES string of the molecule is C=CC(=O)OCCCCCCCCOP(=O)(CCC)OCCCCCCCCOC(=O)C=C. The van der Waals surface area contributed by atoms with Gasteiger partial charge in [-0.05, 0) is 32.1 Å². The van der Waals surface area contributed by atoms with Crippen LogP contribution in [0.3, 0.4) is 0 Å². The summed E-state index contributed by atoms with van der Waals surface area (Å²) in [6, 6.07) is 0. The predicted octanol–water partition coefficient (Wildman–Crippen LogP) is 6.76. The fraction of sp³-hybridized carbons (Fsp3) is 0.760. The molecule has 0 N–H and O–H groups in total. The Morgan fingerprint density at radius 1 is 0.636 bits per heavy atom. The number of carbonyl (C=O) groups excluding carboxylic acids is 2. The van der Waals surface area contributed by atoms with E-state index >= 15 is 0 Å². The van der Waals surface area contributed by atoms with Crippen molar-refractivity contribution in [2.24, 2.45) is 0 Å². The fourth-order valence-electron chi connectivity index (χ4n) is 3.13. The molecule has 192 valence electrons. The molecule has 33 heavy (non-hydrogen) atoms. The molecule has 0 aliphatic carbocycles. The molecule has 0 aromatic rings. The van der Waals surface area contributed by atoms with Crippen LogP contribution in [0.4, 0.5) is 0 Å². The molecule has 0 radical (unpaired) electrons. The minimum absolute atomic E-state index is 0.369. The van der Waals surface area contributed by atoms with Crippen molar-refractivity contribution >= 4 is 19.5 Å². The topological polar surface area (TPSA) is 88.1 Å². The molecular weight excluding hydrogens is 443 g/mol. The molecule has 0 aliphatic rings. The van der Waals surface area contributed by atoms with E-state index < -0.39 is 7.60 Å². The van der Waals surface area contributed by atoms with Gasteiger partial charge in [0.15, 0.2) is 0 Å². The Labute approximate surface area is 200 Å². The smallest absolute Gasteiger partial charge is 0.330 e. The monoisotopic (exact) mass is 488 g/mol. The molecule has 7 nitrogen and oxygen atoms in total. The first kappa shape index (κ1) is 31.6. The van der Waals surface area contributed by atoms with Crippen LogP contribution in [0.1, 0.15) is 90.4 Å². The second kappa shape index (κ2) is 22.4. The number of hydrogen-bond donors (Lipinski definition) is 0. The largest absolute Gasteiger partial charge is 0.463 e. The maximum atomic E-state index is 12.8. The van der Waals surface area contributed by atoms with Gasteiger partial charge in [-0.25, -0.2) is 9.59 Å². The van der Waals surface area contributed by atoms with Gasteiger partial charge in [0.25, 0.3) is 0 Å². The first-order valence-electron chi connectivity index (χ1n) is 12.4. The van der Waals surface area contributed by atoms with Crippen LogP contribution in [0, 0.1) is 0 Å². The van der Waals surface area contributed by atoms with E-state index in [4.69, 9.17) is 18.5 Å². The van der Waals surface area contributed by atoms with Crippen molar-refractivity contribution < 1.29 is 32.7 Å². The quantitative estimate of drug-likeness (QED) is 0.0641. The highest BCUT2D eigenvalue weighted by atomic mass is 31.2. The molecule has 0 saturated heterocycles. The summed E-state index contributed by atoms with van der Waals surface area (Å²) < 4.78 is 34.1. The van der Waals surface area contributed by atoms with Crippen molar-refractivity contribution in [2.45, 2.75) is 90.4 Å². The molecule has 8 heteroatoms. The van der Waals surface area contributed by atoms with Gasteiger partial charge in [-0.15, -0.1) is 0 Å². The highest BCUT2D eigenvalue weighted by molar-refractivity contribution is 7.53. The molecule has 0 heterocycles. The Bertz CT molecular complexity index is 533. The second-order valence-corrected chi connectivity index (χ2v) is 10.2. The van der Waals surface area contributed by atoms with Crippen LogP contribution < -0.4 is 0 Å². The number of hydrogen-bond acceptors (Lipinski definition) is 7. The van der Waals surface area contributed by atoms with Crippen molar-refractivity contribution in [2.75, 3.05) is 32.6 Å². The average molecular weight is 489 g/mol. The third-order valence-electron chi connectivity index (χ3n) is 4.97. The van der Waals surface area contributed by atoms with Gasteiger partial charge in [-0.3, -0.25) is 4.57 Å². The zero-order valence-corrected chi connectivity index (χ0v) is 21.5. The van der Waals surface area contributed by atoms with Crippen LogP contribution in [0.15, 0.2) is 25.3 Å². The Kier molecular flexibility index (Phi) is 21.4. The molecule has 0 spiro atoms. The number of carbonyl (C=O) groups is 2. The van der Waals surface area contributed by atoms with Gasteiger partial charge in [0, 0.05) is 18.3 Å². The maximum absolute atomic E-state index is 12.8. The molecule has 0 aromatic heterocycles. The number of unbranched alkanes of at least 4 members (excludes halogenated alkanes) is 10. The first-order chi connectivity index (χ1) is 16.0. The fourth-order valence-corrected chi connectivity index (χ4v) is 4.83. The van der Waals surface area contributed by atoms with Crippen molar-refractivity contribution in [1.82, 2.24) is 0 Å². The van der Waals surface area contributed by atoms with Crippen molar-refractivity contribution in [1.29, 1.82) is 0 Å². The lowest BCUT2D eigenvalue weighted by molar-refractivity contribution is -0.138. The lowest BCUT2D eigenvalue weighted by Crippen LogP contribution is -2.03. The van der Waals surface area contributed by atoms with E-state index in [1.54, 1.807) is 0 Å². The summed E-state index contributed by atoms with van der Waals surface area (Å²) in [7, 11) is -3.00. The van der Waals surface area contributed by atoms with E-state index in [1.807, 2.05) is 6.92 Å². The normalized spacial score (nSPS) is 11.2. The van der Waals surface area contributed by atoms with Crippen molar-refractivity contribution in [3.63, 3.8) is 0 Å². The molecule has 0 fully saturated rings. The van der Waals surface area contributed by atoms with Crippen molar-refractivity contribution in [3.8, 4) is 0 Å². The highest BCUT2D eigenvalue weighted by Crippen LogP contribution is 2.49. The summed E-state index contributed by atoms with van der Waals surface area (Å²) in [4.78, 5) is 21.9. The number of esters is 2. The van der Waals surface area contributed by atoms with E-state index in [1.165, 1.54) is 12.2 Å². The standard InChI is InChI=1S/C25H45O7P/c1-4-23-33(28,31-21-17-13-9-7-11-15-19-29-24(26)5-2)32-22-18-14-10-8-12-16-20-30-25(27)6-3/h5-6H,2-4,7-23H2,1H3. The van der Waals surface area contributed by atoms with Gasteiger partial charge in [0.05, 0.1) is 26.4 Å². The van der Waals surface area contributed by atoms with Crippen LogP contribution in [0.25, 0.3) is 0 Å². The highest BCUT2D eigenvalue weighted by Gasteiger charge is 2.22. The minimum Gasteiger partial charge on any atom is -0.463 e. The van der Waals surface area contributed by atoms with Gasteiger partial charge in [-0.1, -0.05) is 71.4 Å². The molecule has 0 unspecified atom stereocenters. The van der Waals surface area contributed by atoms with Gasteiger partial charge in [0.2, 0.25) is 0 Å². The van der Waals surface area contributed by atoms with Crippen LogP contribution >= 0.6 is 7.60 Å². The molecule has 0 aromatic carbocycles. The molecule has 0 bridgehead atoms. The van der Waals surface area contributed by atoms with Crippen LogP contribution in [-0.2, 0) is 32.7 Å². The Hall–Kier alpha value is -1.43. The summed E-state index contributed by atoms with van der Waals surface area (Å²) >= 11 is 0. The third kappa shape index (κ3) is 20.9. The zero-order chi connectivity index (χ0) is 24.6.